The Hall–Kier alpha value is -2.37. The van der Waals surface area contributed by atoms with Crippen LogP contribution in [0, 0.1) is 0 Å². The molecule has 1 N–H and O–H groups in total. The molecular formula is C16H21NO5. The van der Waals surface area contributed by atoms with E-state index in [0.29, 0.717) is 6.42 Å². The van der Waals surface area contributed by atoms with Crippen molar-refractivity contribution in [1.29, 1.82) is 0 Å². The van der Waals surface area contributed by atoms with Crippen LogP contribution in [0.15, 0.2) is 30.3 Å². The van der Waals surface area contributed by atoms with Crippen LogP contribution < -0.4 is 5.32 Å². The molecule has 22 heavy (non-hydrogen) atoms. The maximum absolute atomic E-state index is 12.1. The van der Waals surface area contributed by atoms with Crippen LogP contribution in [0.1, 0.15) is 26.3 Å². The summed E-state index contributed by atoms with van der Waals surface area (Å²) in [4.78, 5) is 34.1. The summed E-state index contributed by atoms with van der Waals surface area (Å²) in [6, 6.07) is 8.41. The highest BCUT2D eigenvalue weighted by Crippen LogP contribution is 2.09. The molecule has 0 saturated heterocycles. The van der Waals surface area contributed by atoms with Crippen LogP contribution in [-0.4, -0.2) is 36.6 Å². The average Bonchev–Trinajstić information content (AvgIpc) is 2.43. The predicted molar refractivity (Wildman–Crippen MR) is 80.3 cm³/mol. The maximum atomic E-state index is 12.1. The van der Waals surface area contributed by atoms with Crippen LogP contribution in [0.2, 0.25) is 0 Å². The van der Waals surface area contributed by atoms with Gasteiger partial charge in [-0.1, -0.05) is 30.3 Å². The molecule has 1 atom stereocenters. The van der Waals surface area contributed by atoms with Crippen LogP contribution in [-0.2, 0) is 25.5 Å². The summed E-state index contributed by atoms with van der Waals surface area (Å²) in [7, 11) is 0. The van der Waals surface area contributed by atoms with Crippen molar-refractivity contribution in [3.63, 3.8) is 0 Å². The Balaban J connectivity index is 2.75. The van der Waals surface area contributed by atoms with Crippen LogP contribution in [0.4, 0.5) is 4.79 Å². The standard InChI is InChI=1S/C16H21NO5/c1-16(2,3)22-15(20)17-13(14(19)10-21-11-18)9-12-7-5-4-6-8-12/h4-8,11,13H,9-10H2,1-3H3,(H,17,20)/t13-/m0/s1. The molecule has 0 fully saturated rings. The van der Waals surface area contributed by atoms with Crippen molar-refractivity contribution in [2.45, 2.75) is 38.8 Å². The van der Waals surface area contributed by atoms with Gasteiger partial charge < -0.3 is 14.8 Å². The Morgan fingerprint density at radius 3 is 2.41 bits per heavy atom. The Morgan fingerprint density at radius 1 is 1.23 bits per heavy atom. The third-order valence-electron chi connectivity index (χ3n) is 2.66. The van der Waals surface area contributed by atoms with Crippen molar-refractivity contribution >= 4 is 18.3 Å². The van der Waals surface area contributed by atoms with Gasteiger partial charge in [0.2, 0.25) is 0 Å². The molecule has 0 aliphatic carbocycles. The van der Waals surface area contributed by atoms with Gasteiger partial charge in [-0.25, -0.2) is 4.79 Å². The minimum Gasteiger partial charge on any atom is -0.460 e. The summed E-state index contributed by atoms with van der Waals surface area (Å²) in [5, 5.41) is 2.52. The first kappa shape index (κ1) is 17.7. The first-order valence-corrected chi connectivity index (χ1v) is 6.93. The Morgan fingerprint density at radius 2 is 1.86 bits per heavy atom. The number of benzene rings is 1. The zero-order valence-electron chi connectivity index (χ0n) is 13.0. The number of carbonyl (C=O) groups excluding carboxylic acids is 3. The molecule has 1 aromatic rings. The van der Waals surface area contributed by atoms with E-state index < -0.39 is 30.1 Å². The highest BCUT2D eigenvalue weighted by Gasteiger charge is 2.24. The molecule has 0 unspecified atom stereocenters. The third-order valence-corrected chi connectivity index (χ3v) is 2.66. The van der Waals surface area contributed by atoms with Crippen LogP contribution in [0.3, 0.4) is 0 Å². The normalized spacial score (nSPS) is 12.1. The summed E-state index contributed by atoms with van der Waals surface area (Å²) >= 11 is 0. The molecule has 0 aromatic heterocycles. The lowest BCUT2D eigenvalue weighted by atomic mass is 10.0. The van der Waals surface area contributed by atoms with E-state index in [4.69, 9.17) is 4.74 Å². The molecule has 0 bridgehead atoms. The molecule has 120 valence electrons. The van der Waals surface area contributed by atoms with Gasteiger partial charge in [0.15, 0.2) is 12.4 Å². The molecule has 0 radical (unpaired) electrons. The Labute approximate surface area is 129 Å². The molecular weight excluding hydrogens is 286 g/mol. The Bertz CT molecular complexity index is 507. The second kappa shape index (κ2) is 8.17. The van der Waals surface area contributed by atoms with Gasteiger partial charge in [-0.15, -0.1) is 0 Å². The molecule has 1 amide bonds. The zero-order valence-corrected chi connectivity index (χ0v) is 13.0. The minimum atomic E-state index is -0.822. The van der Waals surface area contributed by atoms with E-state index in [1.54, 1.807) is 20.8 Å². The molecule has 6 nitrogen and oxygen atoms in total. The fraction of sp³-hybridized carbons (Fsp3) is 0.438. The fourth-order valence-electron chi connectivity index (χ4n) is 1.76. The van der Waals surface area contributed by atoms with Gasteiger partial charge in [0.1, 0.15) is 5.60 Å². The van der Waals surface area contributed by atoms with Gasteiger partial charge in [-0.05, 0) is 26.3 Å². The number of carbonyl (C=O) groups is 3. The largest absolute Gasteiger partial charge is 0.460 e. The van der Waals surface area contributed by atoms with Crippen molar-refractivity contribution in [1.82, 2.24) is 5.32 Å². The molecule has 1 rings (SSSR count). The van der Waals surface area contributed by atoms with Crippen LogP contribution in [0.5, 0.6) is 0 Å². The quantitative estimate of drug-likeness (QED) is 0.778. The molecule has 0 spiro atoms. The molecule has 0 heterocycles. The zero-order chi connectivity index (χ0) is 16.6. The van der Waals surface area contributed by atoms with E-state index >= 15 is 0 Å². The number of rotatable bonds is 7. The van der Waals surface area contributed by atoms with E-state index in [2.05, 4.69) is 10.1 Å². The summed E-state index contributed by atoms with van der Waals surface area (Å²) in [5.74, 6) is -0.401. The lowest BCUT2D eigenvalue weighted by Gasteiger charge is -2.23. The molecule has 1 aromatic carbocycles. The van der Waals surface area contributed by atoms with Crippen LogP contribution in [0.25, 0.3) is 0 Å². The van der Waals surface area contributed by atoms with Gasteiger partial charge in [0.05, 0.1) is 6.04 Å². The smallest absolute Gasteiger partial charge is 0.408 e. The number of Topliss-reactive ketones (excluding diaryl/α,β-unsaturated/α-hetero) is 1. The first-order valence-electron chi connectivity index (χ1n) is 6.93. The summed E-state index contributed by atoms with van der Waals surface area (Å²) in [6.45, 7) is 5.00. The van der Waals surface area contributed by atoms with Gasteiger partial charge in [0.25, 0.3) is 6.47 Å². The highest BCUT2D eigenvalue weighted by atomic mass is 16.6. The number of amides is 1. The Kier molecular flexibility index (Phi) is 6.56. The second-order valence-electron chi connectivity index (χ2n) is 5.76. The van der Waals surface area contributed by atoms with Crippen LogP contribution >= 0.6 is 0 Å². The molecule has 0 aliphatic heterocycles. The fourth-order valence-corrected chi connectivity index (χ4v) is 1.76. The van der Waals surface area contributed by atoms with Crippen molar-refractivity contribution in [3.8, 4) is 0 Å². The number of alkyl carbamates (subject to hydrolysis) is 1. The number of ether oxygens (including phenoxy) is 2. The minimum absolute atomic E-state index is 0.199. The summed E-state index contributed by atoms with van der Waals surface area (Å²) in [5.41, 5.74) is 0.215. The number of hydrogen-bond acceptors (Lipinski definition) is 5. The monoisotopic (exact) mass is 307 g/mol. The maximum Gasteiger partial charge on any atom is 0.408 e. The van der Waals surface area contributed by atoms with E-state index in [1.807, 2.05) is 30.3 Å². The lowest BCUT2D eigenvalue weighted by Crippen LogP contribution is -2.46. The van der Waals surface area contributed by atoms with E-state index in [-0.39, 0.29) is 6.47 Å². The summed E-state index contributed by atoms with van der Waals surface area (Å²) in [6.07, 6.45) is -0.394. The van der Waals surface area contributed by atoms with Gasteiger partial charge >= 0.3 is 6.09 Å². The number of nitrogens with one attached hydrogen (secondary N) is 1. The predicted octanol–water partition coefficient (Wildman–Crippen LogP) is 1.86. The SMILES string of the molecule is CC(C)(C)OC(=O)N[C@@H](Cc1ccccc1)C(=O)COC=O. The second-order valence-corrected chi connectivity index (χ2v) is 5.76. The van der Waals surface area contributed by atoms with Crippen molar-refractivity contribution < 1.29 is 23.9 Å². The van der Waals surface area contributed by atoms with Crippen molar-refractivity contribution in [2.24, 2.45) is 0 Å². The van der Waals surface area contributed by atoms with Gasteiger partial charge in [0, 0.05) is 6.42 Å². The highest BCUT2D eigenvalue weighted by molar-refractivity contribution is 5.89. The topological polar surface area (TPSA) is 81.7 Å². The van der Waals surface area contributed by atoms with E-state index in [1.165, 1.54) is 0 Å². The van der Waals surface area contributed by atoms with Gasteiger partial charge in [-0.2, -0.15) is 0 Å². The molecule has 6 heteroatoms. The number of ketones is 1. The molecule has 0 saturated carbocycles. The summed E-state index contributed by atoms with van der Waals surface area (Å²) < 4.78 is 9.62. The van der Waals surface area contributed by atoms with Crippen molar-refractivity contribution in [2.75, 3.05) is 6.61 Å². The number of hydrogen-bond donors (Lipinski definition) is 1. The van der Waals surface area contributed by atoms with E-state index in [0.717, 1.165) is 5.56 Å². The van der Waals surface area contributed by atoms with Gasteiger partial charge in [-0.3, -0.25) is 9.59 Å². The average molecular weight is 307 g/mol. The lowest BCUT2D eigenvalue weighted by molar-refractivity contribution is -0.137. The third kappa shape index (κ3) is 6.88. The molecule has 0 aliphatic rings. The van der Waals surface area contributed by atoms with E-state index in [9.17, 15) is 14.4 Å². The first-order chi connectivity index (χ1) is 10.3. The van der Waals surface area contributed by atoms with Crippen molar-refractivity contribution in [3.05, 3.63) is 35.9 Å².